The zero-order valence-corrected chi connectivity index (χ0v) is 9.02. The number of benzene rings is 1. The molecule has 0 bridgehead atoms. The summed E-state index contributed by atoms with van der Waals surface area (Å²) in [5.74, 6) is 0.467. The lowest BCUT2D eigenvalue weighted by atomic mass is 9.96. The third-order valence-electron chi connectivity index (χ3n) is 3.15. The Morgan fingerprint density at radius 3 is 2.71 bits per heavy atom. The fourth-order valence-electron chi connectivity index (χ4n) is 2.23. The van der Waals surface area contributed by atoms with E-state index in [0.29, 0.717) is 5.75 Å². The second kappa shape index (κ2) is 3.16. The summed E-state index contributed by atoms with van der Waals surface area (Å²) in [5, 5.41) is 9.81. The summed E-state index contributed by atoms with van der Waals surface area (Å²) in [7, 11) is 0. The quantitative estimate of drug-likeness (QED) is 0.716. The number of aromatic hydroxyl groups is 1. The van der Waals surface area contributed by atoms with E-state index in [-0.39, 0.29) is 0 Å². The van der Waals surface area contributed by atoms with Gasteiger partial charge in [-0.05, 0) is 60.6 Å². The Labute approximate surface area is 85.1 Å². The van der Waals surface area contributed by atoms with Gasteiger partial charge in [-0.1, -0.05) is 13.0 Å². The number of aryl methyl sites for hydroxylation is 1. The molecule has 14 heavy (non-hydrogen) atoms. The van der Waals surface area contributed by atoms with E-state index in [0.717, 1.165) is 24.0 Å². The smallest absolute Gasteiger partial charge is 0.121 e. The van der Waals surface area contributed by atoms with Crippen molar-refractivity contribution in [1.29, 1.82) is 0 Å². The van der Waals surface area contributed by atoms with E-state index in [1.54, 1.807) is 0 Å². The maximum atomic E-state index is 9.81. The van der Waals surface area contributed by atoms with Crippen LogP contribution >= 0.6 is 0 Å². The van der Waals surface area contributed by atoms with E-state index >= 15 is 0 Å². The van der Waals surface area contributed by atoms with E-state index in [1.165, 1.54) is 16.7 Å². The molecule has 74 valence electrons. The number of fused-ring (bicyclic) bond motifs is 1. The number of hydrogen-bond donors (Lipinski definition) is 1. The van der Waals surface area contributed by atoms with Crippen molar-refractivity contribution in [3.63, 3.8) is 0 Å². The highest BCUT2D eigenvalue weighted by atomic mass is 16.3. The number of hydrogen-bond acceptors (Lipinski definition) is 1. The summed E-state index contributed by atoms with van der Waals surface area (Å²) in [6, 6.07) is 2.11. The molecule has 0 radical (unpaired) electrons. The molecule has 0 atom stereocenters. The molecule has 0 spiro atoms. The molecular formula is C13H16O. The molecule has 0 unspecified atom stereocenters. The van der Waals surface area contributed by atoms with Crippen LogP contribution in [0, 0.1) is 13.8 Å². The van der Waals surface area contributed by atoms with Crippen molar-refractivity contribution in [2.24, 2.45) is 0 Å². The third-order valence-corrected chi connectivity index (χ3v) is 3.15. The summed E-state index contributed by atoms with van der Waals surface area (Å²) in [4.78, 5) is 0. The monoisotopic (exact) mass is 188 g/mol. The summed E-state index contributed by atoms with van der Waals surface area (Å²) >= 11 is 0. The lowest BCUT2D eigenvalue weighted by molar-refractivity contribution is 0.466. The van der Waals surface area contributed by atoms with Crippen LogP contribution in [0.4, 0.5) is 0 Å². The van der Waals surface area contributed by atoms with Crippen molar-refractivity contribution in [3.8, 4) is 5.75 Å². The average molecular weight is 188 g/mol. The first-order chi connectivity index (χ1) is 6.65. The second-order valence-corrected chi connectivity index (χ2v) is 3.98. The molecule has 0 aromatic heterocycles. The molecule has 1 nitrogen and oxygen atoms in total. The first-order valence-electron chi connectivity index (χ1n) is 5.16. The maximum Gasteiger partial charge on any atom is 0.121 e. The zero-order valence-electron chi connectivity index (χ0n) is 9.02. The SMILES string of the molecule is CCC1=CCc2c1cc(C)c(O)c2C. The molecule has 1 aromatic rings. The highest BCUT2D eigenvalue weighted by molar-refractivity contribution is 5.76. The molecule has 0 amide bonds. The van der Waals surface area contributed by atoms with E-state index in [1.807, 2.05) is 13.8 Å². The van der Waals surface area contributed by atoms with Crippen molar-refractivity contribution in [3.05, 3.63) is 34.4 Å². The summed E-state index contributed by atoms with van der Waals surface area (Å²) in [6.07, 6.45) is 4.34. The molecule has 2 rings (SSSR count). The summed E-state index contributed by atoms with van der Waals surface area (Å²) < 4.78 is 0. The largest absolute Gasteiger partial charge is 0.507 e. The molecule has 1 aliphatic carbocycles. The first kappa shape index (κ1) is 9.32. The van der Waals surface area contributed by atoms with Crippen LogP contribution < -0.4 is 0 Å². The van der Waals surface area contributed by atoms with Gasteiger partial charge in [-0.2, -0.15) is 0 Å². The topological polar surface area (TPSA) is 20.2 Å². The van der Waals surface area contributed by atoms with E-state index in [2.05, 4.69) is 19.1 Å². The van der Waals surface area contributed by atoms with Gasteiger partial charge in [0.1, 0.15) is 5.75 Å². The normalized spacial score (nSPS) is 14.1. The Kier molecular flexibility index (Phi) is 2.10. The van der Waals surface area contributed by atoms with Crippen LogP contribution in [0.15, 0.2) is 12.1 Å². The fraction of sp³-hybridized carbons (Fsp3) is 0.385. The van der Waals surface area contributed by atoms with Crippen molar-refractivity contribution < 1.29 is 5.11 Å². The van der Waals surface area contributed by atoms with Crippen LogP contribution in [0.1, 0.15) is 35.6 Å². The van der Waals surface area contributed by atoms with Gasteiger partial charge in [0.15, 0.2) is 0 Å². The van der Waals surface area contributed by atoms with Crippen LogP contribution in [0.3, 0.4) is 0 Å². The van der Waals surface area contributed by atoms with Gasteiger partial charge in [0.2, 0.25) is 0 Å². The minimum absolute atomic E-state index is 0.467. The van der Waals surface area contributed by atoms with Crippen LogP contribution in [0.25, 0.3) is 5.57 Å². The molecule has 1 N–H and O–H groups in total. The minimum Gasteiger partial charge on any atom is -0.507 e. The van der Waals surface area contributed by atoms with Crippen molar-refractivity contribution in [2.75, 3.05) is 0 Å². The van der Waals surface area contributed by atoms with Crippen molar-refractivity contribution >= 4 is 5.57 Å². The van der Waals surface area contributed by atoms with Crippen LogP contribution in [0.5, 0.6) is 5.75 Å². The summed E-state index contributed by atoms with van der Waals surface area (Å²) in [5.41, 5.74) is 6.12. The molecule has 0 fully saturated rings. The molecule has 0 saturated carbocycles. The Morgan fingerprint density at radius 1 is 1.36 bits per heavy atom. The minimum atomic E-state index is 0.467. The fourth-order valence-corrected chi connectivity index (χ4v) is 2.23. The number of allylic oxidation sites excluding steroid dienone is 2. The number of rotatable bonds is 1. The van der Waals surface area contributed by atoms with Gasteiger partial charge in [0, 0.05) is 0 Å². The first-order valence-corrected chi connectivity index (χ1v) is 5.16. The second-order valence-electron chi connectivity index (χ2n) is 3.98. The Hall–Kier alpha value is -1.24. The third kappa shape index (κ3) is 1.16. The predicted molar refractivity (Wildman–Crippen MR) is 59.6 cm³/mol. The van der Waals surface area contributed by atoms with E-state index in [9.17, 15) is 5.11 Å². The van der Waals surface area contributed by atoms with Crippen molar-refractivity contribution in [1.82, 2.24) is 0 Å². The lowest BCUT2D eigenvalue weighted by Crippen LogP contribution is -1.92. The predicted octanol–water partition coefficient (Wildman–Crippen LogP) is 3.36. The average Bonchev–Trinajstić information content (AvgIpc) is 2.57. The van der Waals surface area contributed by atoms with Crippen LogP contribution in [-0.2, 0) is 6.42 Å². The molecule has 0 heterocycles. The highest BCUT2D eigenvalue weighted by Crippen LogP contribution is 2.37. The van der Waals surface area contributed by atoms with Gasteiger partial charge < -0.3 is 5.11 Å². The Morgan fingerprint density at radius 2 is 2.07 bits per heavy atom. The van der Waals surface area contributed by atoms with Gasteiger partial charge in [-0.3, -0.25) is 0 Å². The van der Waals surface area contributed by atoms with Gasteiger partial charge in [0.05, 0.1) is 0 Å². The molecule has 0 saturated heterocycles. The lowest BCUT2D eigenvalue weighted by Gasteiger charge is -2.11. The van der Waals surface area contributed by atoms with Gasteiger partial charge in [0.25, 0.3) is 0 Å². The van der Waals surface area contributed by atoms with Crippen LogP contribution in [0.2, 0.25) is 0 Å². The maximum absolute atomic E-state index is 9.81. The molecule has 0 aliphatic heterocycles. The van der Waals surface area contributed by atoms with Gasteiger partial charge in [-0.15, -0.1) is 0 Å². The van der Waals surface area contributed by atoms with Crippen LogP contribution in [-0.4, -0.2) is 5.11 Å². The molecule has 1 aromatic carbocycles. The standard InChI is InChI=1S/C13H16O/c1-4-10-5-6-11-9(3)13(14)8(2)7-12(10)11/h5,7,14H,4,6H2,1-3H3. The van der Waals surface area contributed by atoms with Crippen molar-refractivity contribution in [2.45, 2.75) is 33.6 Å². The van der Waals surface area contributed by atoms with E-state index < -0.39 is 0 Å². The Bertz CT molecular complexity index is 414. The molecular weight excluding hydrogens is 172 g/mol. The van der Waals surface area contributed by atoms with Gasteiger partial charge >= 0.3 is 0 Å². The number of phenolic OH excluding ortho intramolecular Hbond substituents is 1. The Balaban J connectivity index is 2.63. The van der Waals surface area contributed by atoms with Gasteiger partial charge in [-0.25, -0.2) is 0 Å². The molecule has 1 heteroatoms. The number of phenols is 1. The summed E-state index contributed by atoms with van der Waals surface area (Å²) in [6.45, 7) is 6.15. The van der Waals surface area contributed by atoms with E-state index in [4.69, 9.17) is 0 Å². The highest BCUT2D eigenvalue weighted by Gasteiger charge is 2.17. The molecule has 1 aliphatic rings. The zero-order chi connectivity index (χ0) is 10.3.